The van der Waals surface area contributed by atoms with Crippen molar-refractivity contribution in [2.24, 2.45) is 0 Å². The quantitative estimate of drug-likeness (QED) is 0.505. The highest BCUT2D eigenvalue weighted by molar-refractivity contribution is 5.90. The summed E-state index contributed by atoms with van der Waals surface area (Å²) in [5.74, 6) is -0.555. The van der Waals surface area contributed by atoms with E-state index in [1.165, 1.54) is 7.11 Å². The molecule has 1 unspecified atom stereocenters. The van der Waals surface area contributed by atoms with Gasteiger partial charge in [-0.15, -0.1) is 0 Å². The minimum atomic E-state index is -0.761. The van der Waals surface area contributed by atoms with Crippen LogP contribution in [0.5, 0.6) is 0 Å². The Kier molecular flexibility index (Phi) is 9.33. The molecule has 0 heterocycles. The van der Waals surface area contributed by atoms with Gasteiger partial charge in [-0.1, -0.05) is 31.0 Å². The van der Waals surface area contributed by atoms with E-state index in [4.69, 9.17) is 9.47 Å². The second kappa shape index (κ2) is 11.2. The predicted octanol–water partition coefficient (Wildman–Crippen LogP) is 3.64. The van der Waals surface area contributed by atoms with Crippen LogP contribution in [0.25, 0.3) is 0 Å². The number of methoxy groups -OCH3 is 1. The van der Waals surface area contributed by atoms with Crippen LogP contribution >= 0.6 is 0 Å². The van der Waals surface area contributed by atoms with Gasteiger partial charge in [0.2, 0.25) is 5.91 Å². The Morgan fingerprint density at radius 2 is 1.70 bits per heavy atom. The van der Waals surface area contributed by atoms with Crippen molar-refractivity contribution in [3.8, 4) is 0 Å². The van der Waals surface area contributed by atoms with Gasteiger partial charge in [0.1, 0.15) is 11.6 Å². The highest BCUT2D eigenvalue weighted by atomic mass is 16.6. The zero-order chi connectivity index (χ0) is 20.3. The highest BCUT2D eigenvalue weighted by Gasteiger charge is 2.24. The van der Waals surface area contributed by atoms with E-state index < -0.39 is 23.7 Å². The molecule has 0 aliphatic heterocycles. The van der Waals surface area contributed by atoms with Gasteiger partial charge in [0.15, 0.2) is 0 Å². The van der Waals surface area contributed by atoms with Gasteiger partial charge in [-0.05, 0) is 45.7 Å². The van der Waals surface area contributed by atoms with E-state index >= 15 is 0 Å². The molecule has 1 aromatic rings. The summed E-state index contributed by atoms with van der Waals surface area (Å²) in [4.78, 5) is 35.6. The molecule has 7 heteroatoms. The summed E-state index contributed by atoms with van der Waals surface area (Å²) in [6.07, 6.45) is 2.29. The molecule has 27 heavy (non-hydrogen) atoms. The summed E-state index contributed by atoms with van der Waals surface area (Å²) >= 11 is 0. The Labute approximate surface area is 160 Å². The number of ether oxygens (including phenoxy) is 2. The van der Waals surface area contributed by atoms with Gasteiger partial charge in [0.25, 0.3) is 0 Å². The molecule has 0 fully saturated rings. The fourth-order valence-electron chi connectivity index (χ4n) is 2.40. The van der Waals surface area contributed by atoms with E-state index in [-0.39, 0.29) is 5.91 Å². The number of hydrogen-bond acceptors (Lipinski definition) is 5. The first-order valence-corrected chi connectivity index (χ1v) is 9.13. The Balaban J connectivity index is 2.31. The fraction of sp³-hybridized carbons (Fsp3) is 0.550. The summed E-state index contributed by atoms with van der Waals surface area (Å²) in [6.45, 7) is 5.25. The molecule has 150 valence electrons. The maximum absolute atomic E-state index is 11.9. The molecule has 1 atom stereocenters. The number of esters is 1. The largest absolute Gasteiger partial charge is 0.467 e. The standard InChI is InChI=1S/C20H30N2O5/c1-20(2,3)27-19(25)22-16(18(24)26-4)13-9-6-10-14-17(23)21-15-11-7-5-8-12-15/h5,7-8,11-12,16H,6,9-10,13-14H2,1-4H3,(H,21,23)(H,22,25). The summed E-state index contributed by atoms with van der Waals surface area (Å²) in [7, 11) is 1.28. The number of anilines is 1. The molecule has 0 aromatic heterocycles. The van der Waals surface area contributed by atoms with Crippen LogP contribution in [0, 0.1) is 0 Å². The van der Waals surface area contributed by atoms with Gasteiger partial charge < -0.3 is 20.1 Å². The molecule has 7 nitrogen and oxygen atoms in total. The maximum Gasteiger partial charge on any atom is 0.408 e. The number of unbranched alkanes of at least 4 members (excludes halogenated alkanes) is 2. The lowest BCUT2D eigenvalue weighted by Crippen LogP contribution is -2.44. The van der Waals surface area contributed by atoms with E-state index in [9.17, 15) is 14.4 Å². The number of alkyl carbamates (subject to hydrolysis) is 1. The number of amides is 2. The van der Waals surface area contributed by atoms with Crippen LogP contribution in [0.1, 0.15) is 52.9 Å². The van der Waals surface area contributed by atoms with Crippen molar-refractivity contribution < 1.29 is 23.9 Å². The zero-order valence-electron chi connectivity index (χ0n) is 16.5. The smallest absolute Gasteiger partial charge is 0.408 e. The van der Waals surface area contributed by atoms with Crippen molar-refractivity contribution in [2.75, 3.05) is 12.4 Å². The van der Waals surface area contributed by atoms with Crippen LogP contribution in [0.2, 0.25) is 0 Å². The summed E-state index contributed by atoms with van der Waals surface area (Å²) in [5, 5.41) is 5.37. The number of nitrogens with one attached hydrogen (secondary N) is 2. The number of para-hydroxylation sites is 1. The Morgan fingerprint density at radius 1 is 1.04 bits per heavy atom. The molecule has 1 aromatic carbocycles. The first kappa shape index (κ1) is 22.5. The topological polar surface area (TPSA) is 93.7 Å². The number of hydrogen-bond donors (Lipinski definition) is 2. The van der Waals surface area contributed by atoms with Crippen LogP contribution in [-0.4, -0.2) is 36.7 Å². The number of carbonyl (C=O) groups is 3. The van der Waals surface area contributed by atoms with Gasteiger partial charge >= 0.3 is 12.1 Å². The summed E-state index contributed by atoms with van der Waals surface area (Å²) in [5.41, 5.74) is 0.131. The molecular weight excluding hydrogens is 348 g/mol. The van der Waals surface area contributed by atoms with Gasteiger partial charge in [-0.3, -0.25) is 4.79 Å². The van der Waals surface area contributed by atoms with Crippen molar-refractivity contribution in [1.29, 1.82) is 0 Å². The van der Waals surface area contributed by atoms with Crippen molar-refractivity contribution in [3.63, 3.8) is 0 Å². The molecule has 2 N–H and O–H groups in total. The second-order valence-electron chi connectivity index (χ2n) is 7.24. The predicted molar refractivity (Wildman–Crippen MR) is 103 cm³/mol. The van der Waals surface area contributed by atoms with Gasteiger partial charge in [-0.2, -0.15) is 0 Å². The Morgan fingerprint density at radius 3 is 2.30 bits per heavy atom. The SMILES string of the molecule is COC(=O)C(CCCCCC(=O)Nc1ccccc1)NC(=O)OC(C)(C)C. The van der Waals surface area contributed by atoms with E-state index in [1.807, 2.05) is 30.3 Å². The highest BCUT2D eigenvalue weighted by Crippen LogP contribution is 2.11. The molecule has 1 rings (SSSR count). The van der Waals surface area contributed by atoms with Crippen LogP contribution in [-0.2, 0) is 19.1 Å². The maximum atomic E-state index is 11.9. The molecule has 0 spiro atoms. The van der Waals surface area contributed by atoms with Crippen molar-refractivity contribution in [3.05, 3.63) is 30.3 Å². The fourth-order valence-corrected chi connectivity index (χ4v) is 2.40. The van der Waals surface area contributed by atoms with Gasteiger partial charge in [0, 0.05) is 12.1 Å². The third kappa shape index (κ3) is 10.2. The molecule has 0 aliphatic rings. The monoisotopic (exact) mass is 378 g/mol. The van der Waals surface area contributed by atoms with E-state index in [0.29, 0.717) is 25.7 Å². The number of benzene rings is 1. The van der Waals surface area contributed by atoms with Crippen LogP contribution < -0.4 is 10.6 Å². The lowest BCUT2D eigenvalue weighted by molar-refractivity contribution is -0.143. The molecular formula is C20H30N2O5. The third-order valence-corrected chi connectivity index (χ3v) is 3.63. The summed E-state index contributed by atoms with van der Waals surface area (Å²) < 4.78 is 9.90. The summed E-state index contributed by atoms with van der Waals surface area (Å²) in [6, 6.07) is 8.52. The third-order valence-electron chi connectivity index (χ3n) is 3.63. The van der Waals surface area contributed by atoms with E-state index in [0.717, 1.165) is 12.1 Å². The van der Waals surface area contributed by atoms with E-state index in [2.05, 4.69) is 10.6 Å². The molecule has 0 saturated carbocycles. The lowest BCUT2D eigenvalue weighted by Gasteiger charge is -2.22. The molecule has 2 amide bonds. The van der Waals surface area contributed by atoms with Gasteiger partial charge in [-0.25, -0.2) is 9.59 Å². The van der Waals surface area contributed by atoms with E-state index in [1.54, 1.807) is 20.8 Å². The second-order valence-corrected chi connectivity index (χ2v) is 7.24. The van der Waals surface area contributed by atoms with Crippen LogP contribution in [0.3, 0.4) is 0 Å². The molecule has 0 bridgehead atoms. The zero-order valence-corrected chi connectivity index (χ0v) is 16.5. The first-order valence-electron chi connectivity index (χ1n) is 9.13. The number of carbonyl (C=O) groups excluding carboxylic acids is 3. The average molecular weight is 378 g/mol. The lowest BCUT2D eigenvalue weighted by atomic mass is 10.1. The minimum Gasteiger partial charge on any atom is -0.467 e. The molecule has 0 radical (unpaired) electrons. The van der Waals surface area contributed by atoms with Crippen LogP contribution in [0.15, 0.2) is 30.3 Å². The Bertz CT molecular complexity index is 611. The minimum absolute atomic E-state index is 0.0439. The molecule has 0 saturated heterocycles. The Hall–Kier alpha value is -2.57. The first-order chi connectivity index (χ1) is 12.7. The molecule has 0 aliphatic carbocycles. The van der Waals surface area contributed by atoms with Gasteiger partial charge in [0.05, 0.1) is 7.11 Å². The van der Waals surface area contributed by atoms with Crippen molar-refractivity contribution >= 4 is 23.7 Å². The van der Waals surface area contributed by atoms with Crippen molar-refractivity contribution in [2.45, 2.75) is 64.5 Å². The average Bonchev–Trinajstić information content (AvgIpc) is 2.59. The van der Waals surface area contributed by atoms with Crippen molar-refractivity contribution in [1.82, 2.24) is 5.32 Å². The number of rotatable bonds is 9. The normalized spacial score (nSPS) is 12.0. The van der Waals surface area contributed by atoms with Crippen LogP contribution in [0.4, 0.5) is 10.5 Å².